The van der Waals surface area contributed by atoms with Crippen molar-refractivity contribution in [1.29, 1.82) is 0 Å². The largest absolute Gasteiger partial charge is 0.120 e. The van der Waals surface area contributed by atoms with Gasteiger partial charge >= 0.3 is 0 Å². The zero-order valence-corrected chi connectivity index (χ0v) is 7.89. The summed E-state index contributed by atoms with van der Waals surface area (Å²) in [7, 11) is 0. The van der Waals surface area contributed by atoms with Crippen LogP contribution in [0.25, 0.3) is 12.2 Å². The quantitative estimate of drug-likeness (QED) is 0.513. The Bertz CT molecular complexity index is 326. The SMILES string of the molecule is CC.Cc1cccc2c1C=C=C2. The molecule has 0 atom stereocenters. The zero-order valence-electron chi connectivity index (χ0n) is 7.89. The molecule has 2 rings (SSSR count). The summed E-state index contributed by atoms with van der Waals surface area (Å²) in [4.78, 5) is 0. The molecule has 0 aromatic heterocycles. The topological polar surface area (TPSA) is 0 Å². The lowest BCUT2D eigenvalue weighted by Crippen LogP contribution is -1.80. The van der Waals surface area contributed by atoms with Crippen LogP contribution in [0.15, 0.2) is 23.9 Å². The molecule has 1 aliphatic carbocycles. The average Bonchev–Trinajstić information content (AvgIpc) is 2.57. The molecule has 12 heavy (non-hydrogen) atoms. The van der Waals surface area contributed by atoms with E-state index >= 15 is 0 Å². The minimum absolute atomic E-state index is 1.29. The minimum atomic E-state index is 1.29. The first kappa shape index (κ1) is 8.83. The van der Waals surface area contributed by atoms with Gasteiger partial charge in [0.2, 0.25) is 0 Å². The summed E-state index contributed by atoms with van der Waals surface area (Å²) in [5.74, 6) is 0. The van der Waals surface area contributed by atoms with Crippen LogP contribution in [0.3, 0.4) is 0 Å². The second-order valence-corrected chi connectivity index (χ2v) is 2.53. The highest BCUT2D eigenvalue weighted by molar-refractivity contribution is 5.74. The van der Waals surface area contributed by atoms with Crippen molar-refractivity contribution in [3.05, 3.63) is 40.6 Å². The van der Waals surface area contributed by atoms with E-state index in [4.69, 9.17) is 0 Å². The third-order valence-corrected chi connectivity index (χ3v) is 1.82. The van der Waals surface area contributed by atoms with E-state index in [1.54, 1.807) is 0 Å². The summed E-state index contributed by atoms with van der Waals surface area (Å²) < 4.78 is 0. The predicted octanol–water partition coefficient (Wildman–Crippen LogP) is 3.66. The molecule has 0 amide bonds. The highest BCUT2D eigenvalue weighted by Gasteiger charge is 2.01. The lowest BCUT2D eigenvalue weighted by Gasteiger charge is -1.98. The van der Waals surface area contributed by atoms with Crippen molar-refractivity contribution in [3.63, 3.8) is 0 Å². The third-order valence-electron chi connectivity index (χ3n) is 1.82. The van der Waals surface area contributed by atoms with Gasteiger partial charge in [-0.2, -0.15) is 0 Å². The number of fused-ring (bicyclic) bond motifs is 1. The van der Waals surface area contributed by atoms with Crippen molar-refractivity contribution in [2.45, 2.75) is 20.8 Å². The summed E-state index contributed by atoms with van der Waals surface area (Å²) >= 11 is 0. The first-order valence-corrected chi connectivity index (χ1v) is 4.40. The molecule has 0 saturated carbocycles. The van der Waals surface area contributed by atoms with Crippen molar-refractivity contribution in [3.8, 4) is 0 Å². The number of benzene rings is 1. The van der Waals surface area contributed by atoms with Crippen molar-refractivity contribution in [1.82, 2.24) is 0 Å². The summed E-state index contributed by atoms with van der Waals surface area (Å²) in [5, 5.41) is 0. The molecule has 0 nitrogen and oxygen atoms in total. The molecule has 0 bridgehead atoms. The summed E-state index contributed by atoms with van der Waals surface area (Å²) in [6.07, 6.45) is 4.05. The van der Waals surface area contributed by atoms with Gasteiger partial charge in [0.25, 0.3) is 0 Å². The second-order valence-electron chi connectivity index (χ2n) is 2.53. The molecule has 0 N–H and O–H groups in total. The van der Waals surface area contributed by atoms with Crippen LogP contribution >= 0.6 is 0 Å². The second kappa shape index (κ2) is 3.94. The summed E-state index contributed by atoms with van der Waals surface area (Å²) in [5.41, 5.74) is 7.02. The number of hydrogen-bond donors (Lipinski definition) is 0. The maximum atomic E-state index is 3.08. The molecule has 0 fully saturated rings. The predicted molar refractivity (Wildman–Crippen MR) is 55.0 cm³/mol. The normalized spacial score (nSPS) is 10.6. The van der Waals surface area contributed by atoms with Crippen molar-refractivity contribution in [2.24, 2.45) is 0 Å². The Balaban J connectivity index is 0.000000336. The Kier molecular flexibility index (Phi) is 2.90. The molecule has 0 radical (unpaired) electrons. The Morgan fingerprint density at radius 2 is 1.83 bits per heavy atom. The van der Waals surface area contributed by atoms with Gasteiger partial charge in [0.1, 0.15) is 0 Å². The fourth-order valence-corrected chi connectivity index (χ4v) is 1.24. The van der Waals surface area contributed by atoms with E-state index in [9.17, 15) is 0 Å². The molecule has 0 aliphatic heterocycles. The van der Waals surface area contributed by atoms with Crippen LogP contribution in [-0.4, -0.2) is 0 Å². The van der Waals surface area contributed by atoms with Crippen LogP contribution in [0.4, 0.5) is 0 Å². The van der Waals surface area contributed by atoms with Gasteiger partial charge in [0.05, 0.1) is 0 Å². The fraction of sp³-hybridized carbons (Fsp3) is 0.250. The van der Waals surface area contributed by atoms with Gasteiger partial charge in [-0.3, -0.25) is 0 Å². The molecule has 0 heterocycles. The van der Waals surface area contributed by atoms with Crippen LogP contribution < -0.4 is 0 Å². The number of rotatable bonds is 0. The number of aryl methyl sites for hydroxylation is 1. The van der Waals surface area contributed by atoms with E-state index in [1.165, 1.54) is 16.7 Å². The maximum Gasteiger partial charge on any atom is -0.00713 e. The van der Waals surface area contributed by atoms with Crippen molar-refractivity contribution < 1.29 is 0 Å². The lowest BCUT2D eigenvalue weighted by atomic mass is 10.1. The van der Waals surface area contributed by atoms with E-state index in [0.29, 0.717) is 0 Å². The molecule has 0 unspecified atom stereocenters. The average molecular weight is 158 g/mol. The van der Waals surface area contributed by atoms with E-state index < -0.39 is 0 Å². The van der Waals surface area contributed by atoms with E-state index in [1.807, 2.05) is 26.0 Å². The van der Waals surface area contributed by atoms with Crippen LogP contribution in [0, 0.1) is 6.92 Å². The molecule has 0 saturated heterocycles. The van der Waals surface area contributed by atoms with Crippen LogP contribution in [0.5, 0.6) is 0 Å². The fourth-order valence-electron chi connectivity index (χ4n) is 1.24. The molecular weight excluding hydrogens is 144 g/mol. The monoisotopic (exact) mass is 158 g/mol. The first-order chi connectivity index (χ1) is 5.88. The Labute approximate surface area is 74.2 Å². The highest BCUT2D eigenvalue weighted by Crippen LogP contribution is 2.20. The van der Waals surface area contributed by atoms with Gasteiger partial charge < -0.3 is 0 Å². The van der Waals surface area contributed by atoms with Gasteiger partial charge in [-0.05, 0) is 35.8 Å². The summed E-state index contributed by atoms with van der Waals surface area (Å²) in [6, 6.07) is 6.31. The molecule has 62 valence electrons. The van der Waals surface area contributed by atoms with Gasteiger partial charge in [-0.25, -0.2) is 0 Å². The Morgan fingerprint density at radius 1 is 1.08 bits per heavy atom. The maximum absolute atomic E-state index is 3.08. The number of hydrogen-bond acceptors (Lipinski definition) is 0. The third kappa shape index (κ3) is 1.49. The van der Waals surface area contributed by atoms with Crippen molar-refractivity contribution >= 4 is 12.2 Å². The van der Waals surface area contributed by atoms with Crippen LogP contribution in [-0.2, 0) is 0 Å². The molecule has 1 aliphatic rings. The molecule has 1 aromatic carbocycles. The molecular formula is C12H14. The molecule has 1 aromatic rings. The smallest absolute Gasteiger partial charge is 0.00713 e. The Hall–Kier alpha value is -1.26. The van der Waals surface area contributed by atoms with Gasteiger partial charge in [-0.15, -0.1) is 5.73 Å². The lowest BCUT2D eigenvalue weighted by molar-refractivity contribution is 1.44. The van der Waals surface area contributed by atoms with Gasteiger partial charge in [-0.1, -0.05) is 32.0 Å². The highest BCUT2D eigenvalue weighted by atomic mass is 14.0. The van der Waals surface area contributed by atoms with E-state index in [2.05, 4.69) is 30.9 Å². The van der Waals surface area contributed by atoms with Crippen molar-refractivity contribution in [2.75, 3.05) is 0 Å². The molecule has 0 heteroatoms. The minimum Gasteiger partial charge on any atom is -0.120 e. The van der Waals surface area contributed by atoms with Crippen LogP contribution in [0.1, 0.15) is 30.5 Å². The van der Waals surface area contributed by atoms with Gasteiger partial charge in [0.15, 0.2) is 0 Å². The van der Waals surface area contributed by atoms with Crippen LogP contribution in [0.2, 0.25) is 0 Å². The van der Waals surface area contributed by atoms with E-state index in [0.717, 1.165) is 0 Å². The van der Waals surface area contributed by atoms with E-state index in [-0.39, 0.29) is 0 Å². The zero-order chi connectivity index (χ0) is 8.97. The Morgan fingerprint density at radius 3 is 2.50 bits per heavy atom. The standard InChI is InChI=1S/C10H8.C2H6/c1-8-4-2-5-9-6-3-7-10(8)9;1-2/h2,4-7H,1H3;1-2H3. The molecule has 0 spiro atoms. The van der Waals surface area contributed by atoms with Gasteiger partial charge in [0, 0.05) is 0 Å². The summed E-state index contributed by atoms with van der Waals surface area (Å²) in [6.45, 7) is 6.12. The first-order valence-electron chi connectivity index (χ1n) is 4.40.